The number of carbonyl (C=O) groups is 1. The second kappa shape index (κ2) is 10.5. The number of nitrogens with one attached hydrogen (secondary N) is 2. The topological polar surface area (TPSA) is 81.8 Å². The zero-order valence-corrected chi connectivity index (χ0v) is 21.2. The standard InChI is InChI=1S/C26H36N4O3S/c1-4-29-14-16-30(17-15-29)24-13-12-21(27-26(31)19(2)3)18-25(24)34(32,33)28-23-11-7-9-20-8-5-6-10-22(20)23/h5-6,8,10,12-13,18-19,23,28H,4,7,9,11,14-17H2,1-3H3,(H,27,31). The van der Waals surface area contributed by atoms with Gasteiger partial charge >= 0.3 is 0 Å². The summed E-state index contributed by atoms with van der Waals surface area (Å²) in [5.41, 5.74) is 3.45. The zero-order valence-electron chi connectivity index (χ0n) is 20.4. The number of amides is 1. The number of hydrogen-bond donors (Lipinski definition) is 2. The lowest BCUT2D eigenvalue weighted by Crippen LogP contribution is -2.46. The summed E-state index contributed by atoms with van der Waals surface area (Å²) in [6.07, 6.45) is 2.68. The predicted molar refractivity (Wildman–Crippen MR) is 137 cm³/mol. The van der Waals surface area contributed by atoms with Crippen molar-refractivity contribution in [1.29, 1.82) is 0 Å². The van der Waals surface area contributed by atoms with E-state index in [0.717, 1.165) is 57.5 Å². The van der Waals surface area contributed by atoms with Crippen molar-refractivity contribution < 1.29 is 13.2 Å². The van der Waals surface area contributed by atoms with Crippen LogP contribution in [0.4, 0.5) is 11.4 Å². The van der Waals surface area contributed by atoms with Crippen LogP contribution in [0.5, 0.6) is 0 Å². The Bertz CT molecular complexity index is 1120. The molecule has 0 radical (unpaired) electrons. The number of fused-ring (bicyclic) bond motifs is 1. The van der Waals surface area contributed by atoms with Gasteiger partial charge in [-0.15, -0.1) is 0 Å². The summed E-state index contributed by atoms with van der Waals surface area (Å²) in [7, 11) is -3.84. The number of benzene rings is 2. The summed E-state index contributed by atoms with van der Waals surface area (Å²) in [6, 6.07) is 13.1. The molecule has 1 atom stereocenters. The van der Waals surface area contributed by atoms with Crippen molar-refractivity contribution in [2.24, 2.45) is 5.92 Å². The number of rotatable bonds is 7. The van der Waals surface area contributed by atoms with E-state index in [1.165, 1.54) is 5.56 Å². The Morgan fingerprint density at radius 3 is 2.53 bits per heavy atom. The summed E-state index contributed by atoms with van der Waals surface area (Å²) in [4.78, 5) is 17.0. The highest BCUT2D eigenvalue weighted by atomic mass is 32.2. The number of nitrogens with zero attached hydrogens (tertiary/aromatic N) is 2. The fraction of sp³-hybridized carbons (Fsp3) is 0.500. The third kappa shape index (κ3) is 5.45. The molecule has 1 unspecified atom stereocenters. The molecule has 0 aromatic heterocycles. The van der Waals surface area contributed by atoms with Gasteiger partial charge in [-0.05, 0) is 55.1 Å². The summed E-state index contributed by atoms with van der Waals surface area (Å²) >= 11 is 0. The van der Waals surface area contributed by atoms with E-state index in [1.54, 1.807) is 12.1 Å². The third-order valence-electron chi connectivity index (χ3n) is 6.87. The first-order valence-corrected chi connectivity index (χ1v) is 13.8. The van der Waals surface area contributed by atoms with E-state index in [1.807, 2.05) is 38.1 Å². The Balaban J connectivity index is 1.67. The lowest BCUT2D eigenvalue weighted by molar-refractivity contribution is -0.118. The Morgan fingerprint density at radius 2 is 1.82 bits per heavy atom. The van der Waals surface area contributed by atoms with Crippen LogP contribution >= 0.6 is 0 Å². The van der Waals surface area contributed by atoms with Crippen LogP contribution in [0.15, 0.2) is 47.4 Å². The van der Waals surface area contributed by atoms with E-state index >= 15 is 0 Å². The quantitative estimate of drug-likeness (QED) is 0.625. The summed E-state index contributed by atoms with van der Waals surface area (Å²) < 4.78 is 30.6. The first-order chi connectivity index (χ1) is 16.3. The van der Waals surface area contributed by atoms with E-state index in [0.29, 0.717) is 11.4 Å². The van der Waals surface area contributed by atoms with Gasteiger partial charge in [0.15, 0.2) is 0 Å². The molecule has 1 saturated heterocycles. The molecule has 8 heteroatoms. The van der Waals surface area contributed by atoms with Gasteiger partial charge in [0.2, 0.25) is 15.9 Å². The monoisotopic (exact) mass is 484 g/mol. The molecule has 1 heterocycles. The maximum atomic E-state index is 13.8. The maximum absolute atomic E-state index is 13.8. The predicted octanol–water partition coefficient (Wildman–Crippen LogP) is 3.78. The van der Waals surface area contributed by atoms with Crippen LogP contribution in [0.3, 0.4) is 0 Å². The molecule has 2 aromatic rings. The van der Waals surface area contributed by atoms with Gasteiger partial charge in [0, 0.05) is 43.8 Å². The molecule has 0 bridgehead atoms. The van der Waals surface area contributed by atoms with Gasteiger partial charge in [0.25, 0.3) is 0 Å². The fourth-order valence-corrected chi connectivity index (χ4v) is 6.29. The van der Waals surface area contributed by atoms with Gasteiger partial charge in [0.1, 0.15) is 4.90 Å². The Morgan fingerprint density at radius 1 is 1.09 bits per heavy atom. The first-order valence-electron chi connectivity index (χ1n) is 12.3. The lowest BCUT2D eigenvalue weighted by Gasteiger charge is -2.36. The van der Waals surface area contributed by atoms with Gasteiger partial charge in [-0.2, -0.15) is 0 Å². The zero-order chi connectivity index (χ0) is 24.3. The second-order valence-corrected chi connectivity index (χ2v) is 11.2. The van der Waals surface area contributed by atoms with E-state index in [-0.39, 0.29) is 22.8 Å². The van der Waals surface area contributed by atoms with Crippen molar-refractivity contribution in [2.45, 2.75) is 51.0 Å². The molecule has 1 amide bonds. The molecule has 2 N–H and O–H groups in total. The highest BCUT2D eigenvalue weighted by molar-refractivity contribution is 7.89. The highest BCUT2D eigenvalue weighted by Crippen LogP contribution is 2.34. The minimum atomic E-state index is -3.84. The van der Waals surface area contributed by atoms with Gasteiger partial charge < -0.3 is 15.1 Å². The molecule has 34 heavy (non-hydrogen) atoms. The average molecular weight is 485 g/mol. The summed E-state index contributed by atoms with van der Waals surface area (Å²) in [5.74, 6) is -0.333. The molecular formula is C26H36N4O3S. The van der Waals surface area contributed by atoms with Crippen LogP contribution in [0.25, 0.3) is 0 Å². The van der Waals surface area contributed by atoms with Crippen LogP contribution < -0.4 is 14.9 Å². The van der Waals surface area contributed by atoms with E-state index in [4.69, 9.17) is 0 Å². The molecule has 2 aliphatic rings. The molecule has 1 fully saturated rings. The first kappa shape index (κ1) is 24.7. The van der Waals surface area contributed by atoms with Crippen molar-refractivity contribution >= 4 is 27.3 Å². The molecule has 1 aliphatic carbocycles. The average Bonchev–Trinajstić information content (AvgIpc) is 2.84. The minimum Gasteiger partial charge on any atom is -0.368 e. The van der Waals surface area contributed by atoms with Crippen LogP contribution in [0.1, 0.15) is 50.8 Å². The SMILES string of the molecule is CCN1CCN(c2ccc(NC(=O)C(C)C)cc2S(=O)(=O)NC2CCCc3ccccc32)CC1. The number of sulfonamides is 1. The number of aryl methyl sites for hydroxylation is 1. The van der Waals surface area contributed by atoms with Crippen molar-refractivity contribution in [3.8, 4) is 0 Å². The van der Waals surface area contributed by atoms with Gasteiger partial charge in [0.05, 0.1) is 5.69 Å². The van der Waals surface area contributed by atoms with Crippen LogP contribution in [-0.4, -0.2) is 51.9 Å². The van der Waals surface area contributed by atoms with Crippen molar-refractivity contribution in [2.75, 3.05) is 42.9 Å². The Labute approximate surface area is 203 Å². The number of piperazine rings is 1. The van der Waals surface area contributed by atoms with E-state index in [9.17, 15) is 13.2 Å². The normalized spacial score (nSPS) is 19.2. The molecule has 7 nitrogen and oxygen atoms in total. The third-order valence-corrected chi connectivity index (χ3v) is 8.37. The van der Waals surface area contributed by atoms with Crippen molar-refractivity contribution in [1.82, 2.24) is 9.62 Å². The molecule has 2 aromatic carbocycles. The maximum Gasteiger partial charge on any atom is 0.243 e. The van der Waals surface area contributed by atoms with E-state index in [2.05, 4.69) is 32.8 Å². The molecule has 4 rings (SSSR count). The molecule has 0 spiro atoms. The minimum absolute atomic E-state index is 0.137. The number of carbonyl (C=O) groups excluding carboxylic acids is 1. The van der Waals surface area contributed by atoms with Crippen molar-refractivity contribution in [3.05, 3.63) is 53.6 Å². The Hall–Kier alpha value is -2.42. The number of hydrogen-bond acceptors (Lipinski definition) is 5. The largest absolute Gasteiger partial charge is 0.368 e. The van der Waals surface area contributed by atoms with Gasteiger partial charge in [-0.25, -0.2) is 13.1 Å². The van der Waals surface area contributed by atoms with Crippen LogP contribution in [0, 0.1) is 5.92 Å². The smallest absolute Gasteiger partial charge is 0.243 e. The van der Waals surface area contributed by atoms with Crippen molar-refractivity contribution in [3.63, 3.8) is 0 Å². The molecule has 1 aliphatic heterocycles. The summed E-state index contributed by atoms with van der Waals surface area (Å²) in [5, 5.41) is 2.86. The molecule has 0 saturated carbocycles. The highest BCUT2D eigenvalue weighted by Gasteiger charge is 2.30. The van der Waals surface area contributed by atoms with Gasteiger partial charge in [-0.1, -0.05) is 45.0 Å². The van der Waals surface area contributed by atoms with Crippen LogP contribution in [0.2, 0.25) is 0 Å². The fourth-order valence-electron chi connectivity index (χ4n) is 4.79. The second-order valence-electron chi connectivity index (χ2n) is 9.51. The number of anilines is 2. The number of likely N-dealkylation sites (N-methyl/N-ethyl adjacent to an activating group) is 1. The van der Waals surface area contributed by atoms with E-state index < -0.39 is 10.0 Å². The lowest BCUT2D eigenvalue weighted by atomic mass is 9.88. The molecular weight excluding hydrogens is 448 g/mol. The Kier molecular flexibility index (Phi) is 7.60. The summed E-state index contributed by atoms with van der Waals surface area (Å²) in [6.45, 7) is 10.1. The van der Waals surface area contributed by atoms with Gasteiger partial charge in [-0.3, -0.25) is 4.79 Å². The van der Waals surface area contributed by atoms with Crippen LogP contribution in [-0.2, 0) is 21.2 Å². The molecule has 184 valence electrons.